The van der Waals surface area contributed by atoms with Gasteiger partial charge < -0.3 is 0 Å². The lowest BCUT2D eigenvalue weighted by Crippen LogP contribution is -1.78. The average molecular weight is 267 g/mol. The third-order valence-corrected chi connectivity index (χ3v) is 2.98. The SMILES string of the molecule is C=Cc1ccccc1/C=C/C(Cl)=C/c1ccccc1. The molecule has 0 heterocycles. The van der Waals surface area contributed by atoms with Crippen molar-refractivity contribution in [2.45, 2.75) is 0 Å². The summed E-state index contributed by atoms with van der Waals surface area (Å²) in [6, 6.07) is 18.1. The molecule has 94 valence electrons. The van der Waals surface area contributed by atoms with Gasteiger partial charge >= 0.3 is 0 Å². The minimum atomic E-state index is 0.699. The molecular formula is C18H15Cl. The van der Waals surface area contributed by atoms with Crippen LogP contribution >= 0.6 is 11.6 Å². The quantitative estimate of drug-likeness (QED) is 0.630. The van der Waals surface area contributed by atoms with Gasteiger partial charge in [-0.05, 0) is 28.8 Å². The lowest BCUT2D eigenvalue weighted by Gasteiger charge is -1.99. The Kier molecular flexibility index (Phi) is 4.77. The molecule has 0 aliphatic heterocycles. The highest BCUT2D eigenvalue weighted by atomic mass is 35.5. The van der Waals surface area contributed by atoms with Crippen molar-refractivity contribution in [2.24, 2.45) is 0 Å². The highest BCUT2D eigenvalue weighted by molar-refractivity contribution is 6.33. The third kappa shape index (κ3) is 3.97. The topological polar surface area (TPSA) is 0 Å². The molecule has 0 fully saturated rings. The normalized spacial score (nSPS) is 11.7. The minimum Gasteiger partial charge on any atom is -0.0984 e. The standard InChI is InChI=1S/C18H15Cl/c1-2-16-10-6-7-11-17(16)12-13-18(19)14-15-8-4-3-5-9-15/h2-14H,1H2/b13-12+,18-14-. The summed E-state index contributed by atoms with van der Waals surface area (Å²) < 4.78 is 0. The van der Waals surface area contributed by atoms with E-state index < -0.39 is 0 Å². The van der Waals surface area contributed by atoms with E-state index in [1.54, 1.807) is 0 Å². The maximum atomic E-state index is 6.21. The Labute approximate surface area is 119 Å². The Bertz CT molecular complexity index is 607. The van der Waals surface area contributed by atoms with Gasteiger partial charge in [0.15, 0.2) is 0 Å². The molecule has 0 radical (unpaired) electrons. The molecule has 1 heteroatoms. The van der Waals surface area contributed by atoms with E-state index in [1.807, 2.05) is 78.9 Å². The van der Waals surface area contributed by atoms with Gasteiger partial charge in [0.1, 0.15) is 0 Å². The van der Waals surface area contributed by atoms with Crippen LogP contribution in [0.25, 0.3) is 18.2 Å². The maximum Gasteiger partial charge on any atom is 0.0412 e. The number of hydrogen-bond donors (Lipinski definition) is 0. The van der Waals surface area contributed by atoms with Crippen molar-refractivity contribution in [3.63, 3.8) is 0 Å². The second-order valence-electron chi connectivity index (χ2n) is 4.11. The molecule has 0 atom stereocenters. The zero-order valence-electron chi connectivity index (χ0n) is 10.6. The molecule has 0 saturated heterocycles. The predicted octanol–water partition coefficient (Wildman–Crippen LogP) is 5.62. The van der Waals surface area contributed by atoms with Gasteiger partial charge in [0.25, 0.3) is 0 Å². The molecule has 0 unspecified atom stereocenters. The molecule has 2 aromatic carbocycles. The number of benzene rings is 2. The molecule has 0 bridgehead atoms. The van der Waals surface area contributed by atoms with Crippen molar-refractivity contribution in [3.05, 3.63) is 89.0 Å². The van der Waals surface area contributed by atoms with Crippen LogP contribution in [-0.2, 0) is 0 Å². The molecule has 19 heavy (non-hydrogen) atoms. The van der Waals surface area contributed by atoms with Crippen LogP contribution in [0.5, 0.6) is 0 Å². The van der Waals surface area contributed by atoms with E-state index in [1.165, 1.54) is 0 Å². The Hall–Kier alpha value is -2.05. The molecule has 0 saturated carbocycles. The van der Waals surface area contributed by atoms with Crippen molar-refractivity contribution >= 4 is 29.8 Å². The molecule has 2 rings (SSSR count). The molecule has 0 aromatic heterocycles. The Morgan fingerprint density at radius 1 is 0.895 bits per heavy atom. The van der Waals surface area contributed by atoms with Crippen LogP contribution in [0.1, 0.15) is 16.7 Å². The summed E-state index contributed by atoms with van der Waals surface area (Å²) in [5.41, 5.74) is 3.30. The molecule has 2 aromatic rings. The number of rotatable bonds is 4. The van der Waals surface area contributed by atoms with Crippen molar-refractivity contribution in [3.8, 4) is 0 Å². The maximum absolute atomic E-state index is 6.21. The van der Waals surface area contributed by atoms with Gasteiger partial charge in [0.2, 0.25) is 0 Å². The van der Waals surface area contributed by atoms with E-state index in [2.05, 4.69) is 6.58 Å². The first-order valence-corrected chi connectivity index (χ1v) is 6.49. The zero-order chi connectivity index (χ0) is 13.5. The zero-order valence-corrected chi connectivity index (χ0v) is 11.3. The lowest BCUT2D eigenvalue weighted by atomic mass is 10.1. The average Bonchev–Trinajstić information content (AvgIpc) is 2.46. The second-order valence-corrected chi connectivity index (χ2v) is 4.54. The molecule has 0 aliphatic rings. The smallest absolute Gasteiger partial charge is 0.0412 e. The fraction of sp³-hybridized carbons (Fsp3) is 0. The number of hydrogen-bond acceptors (Lipinski definition) is 0. The highest BCUT2D eigenvalue weighted by Gasteiger charge is 1.94. The fourth-order valence-electron chi connectivity index (χ4n) is 1.77. The third-order valence-electron chi connectivity index (χ3n) is 2.74. The van der Waals surface area contributed by atoms with Crippen LogP contribution in [0, 0.1) is 0 Å². The van der Waals surface area contributed by atoms with Gasteiger partial charge in [-0.25, -0.2) is 0 Å². The fourth-order valence-corrected chi connectivity index (χ4v) is 1.96. The monoisotopic (exact) mass is 266 g/mol. The van der Waals surface area contributed by atoms with Crippen LogP contribution in [-0.4, -0.2) is 0 Å². The first kappa shape index (κ1) is 13.4. The summed E-state index contributed by atoms with van der Waals surface area (Å²) in [6.45, 7) is 3.80. The van der Waals surface area contributed by atoms with Gasteiger partial charge in [-0.15, -0.1) is 0 Å². The lowest BCUT2D eigenvalue weighted by molar-refractivity contribution is 1.61. The molecule has 0 aliphatic carbocycles. The van der Waals surface area contributed by atoms with Gasteiger partial charge in [-0.2, -0.15) is 0 Å². The number of allylic oxidation sites excluding steroid dienone is 2. The van der Waals surface area contributed by atoms with Crippen LogP contribution in [0.4, 0.5) is 0 Å². The minimum absolute atomic E-state index is 0.699. The first-order valence-electron chi connectivity index (χ1n) is 6.11. The van der Waals surface area contributed by atoms with Crippen molar-refractivity contribution in [1.29, 1.82) is 0 Å². The summed E-state index contributed by atoms with van der Waals surface area (Å²) in [7, 11) is 0. The van der Waals surface area contributed by atoms with Crippen molar-refractivity contribution < 1.29 is 0 Å². The summed E-state index contributed by atoms with van der Waals surface area (Å²) in [5.74, 6) is 0. The summed E-state index contributed by atoms with van der Waals surface area (Å²) in [5, 5.41) is 0.699. The molecule has 0 N–H and O–H groups in total. The largest absolute Gasteiger partial charge is 0.0984 e. The van der Waals surface area contributed by atoms with Gasteiger partial charge in [0, 0.05) is 5.03 Å². The predicted molar refractivity (Wildman–Crippen MR) is 85.8 cm³/mol. The van der Waals surface area contributed by atoms with Crippen molar-refractivity contribution in [1.82, 2.24) is 0 Å². The summed E-state index contributed by atoms with van der Waals surface area (Å²) in [4.78, 5) is 0. The van der Waals surface area contributed by atoms with Gasteiger partial charge in [-0.3, -0.25) is 0 Å². The Morgan fingerprint density at radius 3 is 2.21 bits per heavy atom. The van der Waals surface area contributed by atoms with Gasteiger partial charge in [-0.1, -0.05) is 84.9 Å². The van der Waals surface area contributed by atoms with E-state index in [9.17, 15) is 0 Å². The van der Waals surface area contributed by atoms with E-state index in [0.717, 1.165) is 16.7 Å². The van der Waals surface area contributed by atoms with Crippen molar-refractivity contribution in [2.75, 3.05) is 0 Å². The highest BCUT2D eigenvalue weighted by Crippen LogP contribution is 2.16. The van der Waals surface area contributed by atoms with Crippen LogP contribution in [0.3, 0.4) is 0 Å². The van der Waals surface area contributed by atoms with E-state index in [-0.39, 0.29) is 0 Å². The molecule has 0 nitrogen and oxygen atoms in total. The number of halogens is 1. The van der Waals surface area contributed by atoms with Crippen LogP contribution < -0.4 is 0 Å². The van der Waals surface area contributed by atoms with E-state index in [0.29, 0.717) is 5.03 Å². The van der Waals surface area contributed by atoms with E-state index in [4.69, 9.17) is 11.6 Å². The summed E-state index contributed by atoms with van der Waals surface area (Å²) >= 11 is 6.21. The van der Waals surface area contributed by atoms with Crippen LogP contribution in [0.15, 0.2) is 72.3 Å². The Balaban J connectivity index is 2.18. The molecule has 0 amide bonds. The van der Waals surface area contributed by atoms with Crippen LogP contribution in [0.2, 0.25) is 0 Å². The van der Waals surface area contributed by atoms with Gasteiger partial charge in [0.05, 0.1) is 0 Å². The summed E-state index contributed by atoms with van der Waals surface area (Å²) in [6.07, 6.45) is 7.68. The second kappa shape index (κ2) is 6.77. The Morgan fingerprint density at radius 2 is 1.53 bits per heavy atom. The van der Waals surface area contributed by atoms with E-state index >= 15 is 0 Å². The molecule has 0 spiro atoms. The molecular weight excluding hydrogens is 252 g/mol. The first-order chi connectivity index (χ1) is 9.29.